The molecule has 0 bridgehead atoms. The third-order valence-corrected chi connectivity index (χ3v) is 2.80. The van der Waals surface area contributed by atoms with Crippen LogP contribution in [0, 0.1) is 3.57 Å². The molecule has 0 saturated heterocycles. The fourth-order valence-electron chi connectivity index (χ4n) is 1.28. The molecule has 88 valence electrons. The summed E-state index contributed by atoms with van der Waals surface area (Å²) in [7, 11) is 0. The molecule has 0 spiro atoms. The number of hydrogen-bond acceptors (Lipinski definition) is 3. The normalized spacial score (nSPS) is 11.2. The third kappa shape index (κ3) is 4.78. The third-order valence-electron chi connectivity index (χ3n) is 2.16. The van der Waals surface area contributed by atoms with Gasteiger partial charge in [-0.1, -0.05) is 0 Å². The number of carbonyl (C=O) groups is 1. The minimum atomic E-state index is -0.773. The van der Waals surface area contributed by atoms with E-state index in [1.165, 1.54) is 0 Å². The van der Waals surface area contributed by atoms with Gasteiger partial charge in [0.25, 0.3) is 0 Å². The Labute approximate surface area is 109 Å². The highest BCUT2D eigenvalue weighted by Gasteiger charge is 2.19. The average Bonchev–Trinajstić information content (AvgIpc) is 2.19. The van der Waals surface area contributed by atoms with Gasteiger partial charge in [-0.3, -0.25) is 4.79 Å². The quantitative estimate of drug-likeness (QED) is 0.813. The lowest BCUT2D eigenvalue weighted by molar-refractivity contribution is -0.137. The standard InChI is InChI=1S/C11H15IN2O2/c1-11(2,6-5-10(15)16)14-9-4-3-8(12)7-13-9/h3-4,7H,5-6H2,1-2H3,(H,13,14)(H,15,16). The van der Waals surface area contributed by atoms with Gasteiger partial charge >= 0.3 is 5.97 Å². The maximum atomic E-state index is 10.5. The van der Waals surface area contributed by atoms with Crippen LogP contribution in [0.5, 0.6) is 0 Å². The van der Waals surface area contributed by atoms with Crippen molar-refractivity contribution < 1.29 is 9.90 Å². The fourth-order valence-corrected chi connectivity index (χ4v) is 1.60. The van der Waals surface area contributed by atoms with E-state index in [1.54, 1.807) is 6.20 Å². The molecule has 16 heavy (non-hydrogen) atoms. The molecule has 0 radical (unpaired) electrons. The van der Waals surface area contributed by atoms with E-state index >= 15 is 0 Å². The maximum Gasteiger partial charge on any atom is 0.303 e. The van der Waals surface area contributed by atoms with Crippen molar-refractivity contribution in [2.75, 3.05) is 5.32 Å². The van der Waals surface area contributed by atoms with Crippen LogP contribution in [0.15, 0.2) is 18.3 Å². The average molecular weight is 334 g/mol. The summed E-state index contributed by atoms with van der Waals surface area (Å²) in [5.41, 5.74) is -0.266. The molecular formula is C11H15IN2O2. The van der Waals surface area contributed by atoms with Gasteiger partial charge < -0.3 is 10.4 Å². The minimum absolute atomic E-state index is 0.157. The Kier molecular flexibility index (Phi) is 4.52. The second kappa shape index (κ2) is 5.47. The monoisotopic (exact) mass is 334 g/mol. The SMILES string of the molecule is CC(C)(CCC(=O)O)Nc1ccc(I)cn1. The smallest absolute Gasteiger partial charge is 0.303 e. The number of nitrogens with one attached hydrogen (secondary N) is 1. The largest absolute Gasteiger partial charge is 0.481 e. The van der Waals surface area contributed by atoms with Crippen LogP contribution in [-0.4, -0.2) is 21.6 Å². The van der Waals surface area contributed by atoms with Crippen LogP contribution in [0.1, 0.15) is 26.7 Å². The topological polar surface area (TPSA) is 62.2 Å². The number of rotatable bonds is 5. The zero-order chi connectivity index (χ0) is 12.2. The van der Waals surface area contributed by atoms with Crippen LogP contribution in [0.2, 0.25) is 0 Å². The van der Waals surface area contributed by atoms with Crippen LogP contribution in [0.4, 0.5) is 5.82 Å². The summed E-state index contributed by atoms with van der Waals surface area (Å²) in [5, 5.41) is 11.9. The number of aliphatic carboxylic acids is 1. The van der Waals surface area contributed by atoms with Crippen molar-refractivity contribution in [2.45, 2.75) is 32.2 Å². The summed E-state index contributed by atoms with van der Waals surface area (Å²) in [4.78, 5) is 14.7. The second-order valence-electron chi connectivity index (χ2n) is 4.26. The van der Waals surface area contributed by atoms with E-state index < -0.39 is 5.97 Å². The number of hydrogen-bond donors (Lipinski definition) is 2. The van der Waals surface area contributed by atoms with Gasteiger partial charge in [0.1, 0.15) is 5.82 Å². The first-order valence-electron chi connectivity index (χ1n) is 5.00. The van der Waals surface area contributed by atoms with Gasteiger partial charge in [-0.2, -0.15) is 0 Å². The van der Waals surface area contributed by atoms with E-state index in [9.17, 15) is 4.79 Å². The molecule has 0 unspecified atom stereocenters. The zero-order valence-electron chi connectivity index (χ0n) is 9.33. The molecule has 2 N–H and O–H groups in total. The molecule has 0 aromatic carbocycles. The summed E-state index contributed by atoms with van der Waals surface area (Å²) in [5.74, 6) is 0.00116. The van der Waals surface area contributed by atoms with Crippen molar-refractivity contribution in [3.05, 3.63) is 21.9 Å². The highest BCUT2D eigenvalue weighted by atomic mass is 127. The molecule has 1 aromatic heterocycles. The van der Waals surface area contributed by atoms with Crippen molar-refractivity contribution in [2.24, 2.45) is 0 Å². The second-order valence-corrected chi connectivity index (χ2v) is 5.51. The van der Waals surface area contributed by atoms with Gasteiger partial charge in [0, 0.05) is 21.7 Å². The van der Waals surface area contributed by atoms with Gasteiger partial charge in [0.15, 0.2) is 0 Å². The van der Waals surface area contributed by atoms with Crippen LogP contribution in [0.3, 0.4) is 0 Å². The highest BCUT2D eigenvalue weighted by Crippen LogP contribution is 2.18. The molecular weight excluding hydrogens is 319 g/mol. The molecule has 0 aliphatic carbocycles. The lowest BCUT2D eigenvalue weighted by Gasteiger charge is -2.26. The number of nitrogens with zero attached hydrogens (tertiary/aromatic N) is 1. The van der Waals surface area contributed by atoms with Crippen molar-refractivity contribution >= 4 is 34.4 Å². The summed E-state index contributed by atoms with van der Waals surface area (Å²) in [6.07, 6.45) is 2.50. The van der Waals surface area contributed by atoms with E-state index in [-0.39, 0.29) is 12.0 Å². The van der Waals surface area contributed by atoms with Crippen molar-refractivity contribution in [3.63, 3.8) is 0 Å². The lowest BCUT2D eigenvalue weighted by atomic mass is 9.98. The first-order valence-corrected chi connectivity index (χ1v) is 6.08. The Morgan fingerprint density at radius 3 is 2.75 bits per heavy atom. The molecule has 0 fully saturated rings. The minimum Gasteiger partial charge on any atom is -0.481 e. The zero-order valence-corrected chi connectivity index (χ0v) is 11.5. The van der Waals surface area contributed by atoms with E-state index in [0.717, 1.165) is 9.39 Å². The molecule has 0 amide bonds. The van der Waals surface area contributed by atoms with Crippen molar-refractivity contribution in [3.8, 4) is 0 Å². The summed E-state index contributed by atoms with van der Waals surface area (Å²) in [6, 6.07) is 3.85. The Hall–Kier alpha value is -0.850. The number of anilines is 1. The Morgan fingerprint density at radius 2 is 2.25 bits per heavy atom. The Balaban J connectivity index is 2.57. The van der Waals surface area contributed by atoms with Crippen LogP contribution < -0.4 is 5.32 Å². The Bertz CT molecular complexity index is 363. The molecule has 0 aliphatic rings. The predicted octanol–water partition coefficient (Wildman–Crippen LogP) is 2.74. The van der Waals surface area contributed by atoms with Crippen LogP contribution in [0.25, 0.3) is 0 Å². The molecule has 1 heterocycles. The molecule has 0 saturated carbocycles. The lowest BCUT2D eigenvalue weighted by Crippen LogP contribution is -2.31. The van der Waals surface area contributed by atoms with E-state index in [0.29, 0.717) is 6.42 Å². The van der Waals surface area contributed by atoms with Crippen molar-refractivity contribution in [1.82, 2.24) is 4.98 Å². The summed E-state index contributed by atoms with van der Waals surface area (Å²) in [6.45, 7) is 3.94. The maximum absolute atomic E-state index is 10.5. The molecule has 0 atom stereocenters. The van der Waals surface area contributed by atoms with Crippen molar-refractivity contribution in [1.29, 1.82) is 0 Å². The van der Waals surface area contributed by atoms with Gasteiger partial charge in [0.2, 0.25) is 0 Å². The number of halogens is 1. The first kappa shape index (κ1) is 13.2. The van der Waals surface area contributed by atoms with E-state index in [1.807, 2.05) is 26.0 Å². The van der Waals surface area contributed by atoms with Gasteiger partial charge in [-0.25, -0.2) is 4.98 Å². The molecule has 1 aromatic rings. The number of pyridine rings is 1. The Morgan fingerprint density at radius 1 is 1.56 bits per heavy atom. The fraction of sp³-hybridized carbons (Fsp3) is 0.455. The number of aromatic nitrogens is 1. The van der Waals surface area contributed by atoms with Gasteiger partial charge in [-0.15, -0.1) is 0 Å². The number of carboxylic acid groups (broad SMARTS) is 1. The number of carboxylic acids is 1. The summed E-state index contributed by atoms with van der Waals surface area (Å²) < 4.78 is 1.08. The van der Waals surface area contributed by atoms with Crippen LogP contribution in [-0.2, 0) is 4.79 Å². The highest BCUT2D eigenvalue weighted by molar-refractivity contribution is 14.1. The van der Waals surface area contributed by atoms with Gasteiger partial charge in [-0.05, 0) is 55.0 Å². The summed E-state index contributed by atoms with van der Waals surface area (Å²) >= 11 is 2.19. The molecule has 0 aliphatic heterocycles. The van der Waals surface area contributed by atoms with E-state index in [2.05, 4.69) is 32.9 Å². The molecule has 5 heteroatoms. The predicted molar refractivity (Wildman–Crippen MR) is 71.5 cm³/mol. The first-order chi connectivity index (χ1) is 7.39. The van der Waals surface area contributed by atoms with E-state index in [4.69, 9.17) is 5.11 Å². The van der Waals surface area contributed by atoms with Crippen LogP contribution >= 0.6 is 22.6 Å². The van der Waals surface area contributed by atoms with Gasteiger partial charge in [0.05, 0.1) is 0 Å². The molecule has 1 rings (SSSR count). The molecule has 4 nitrogen and oxygen atoms in total.